The van der Waals surface area contributed by atoms with E-state index < -0.39 is 6.43 Å². The number of halogens is 4. The van der Waals surface area contributed by atoms with Crippen LogP contribution in [-0.4, -0.2) is 4.98 Å². The maximum atomic E-state index is 12.3. The number of nitrogens with zero attached hydrogens (tertiary/aromatic N) is 1. The van der Waals surface area contributed by atoms with E-state index in [9.17, 15) is 8.78 Å². The molecule has 0 amide bonds. The van der Waals surface area contributed by atoms with Gasteiger partial charge in [-0.15, -0.1) is 0 Å². The van der Waals surface area contributed by atoms with Crippen LogP contribution in [-0.2, 0) is 0 Å². The molecule has 1 heterocycles. The third-order valence-corrected chi connectivity index (χ3v) is 4.91. The molecule has 0 radical (unpaired) electrons. The van der Waals surface area contributed by atoms with Crippen molar-refractivity contribution in [3.63, 3.8) is 0 Å². The van der Waals surface area contributed by atoms with Crippen molar-refractivity contribution in [3.8, 4) is 0 Å². The second kappa shape index (κ2) is 4.12. The number of pyridine rings is 1. The Labute approximate surface area is 96.2 Å². The van der Waals surface area contributed by atoms with Gasteiger partial charge in [-0.05, 0) is 52.1 Å². The van der Waals surface area contributed by atoms with Gasteiger partial charge in [0.1, 0.15) is 0 Å². The highest BCUT2D eigenvalue weighted by Crippen LogP contribution is 2.28. The minimum atomic E-state index is -2.43. The van der Waals surface area contributed by atoms with Crippen LogP contribution in [0.15, 0.2) is 6.20 Å². The van der Waals surface area contributed by atoms with Gasteiger partial charge in [0.05, 0.1) is 11.3 Å². The number of hydrogen-bond acceptors (Lipinski definition) is 1. The highest BCUT2D eigenvalue weighted by molar-refractivity contribution is 14.1. The van der Waals surface area contributed by atoms with Crippen molar-refractivity contribution in [2.24, 2.45) is 0 Å². The van der Waals surface area contributed by atoms with Crippen LogP contribution in [0.4, 0.5) is 8.78 Å². The quantitative estimate of drug-likeness (QED) is 0.664. The van der Waals surface area contributed by atoms with E-state index >= 15 is 0 Å². The molecule has 1 aromatic heterocycles. The van der Waals surface area contributed by atoms with Crippen LogP contribution in [0.2, 0.25) is 0 Å². The minimum Gasteiger partial charge on any atom is -0.260 e. The first-order valence-electron chi connectivity index (χ1n) is 3.12. The topological polar surface area (TPSA) is 12.9 Å². The van der Waals surface area contributed by atoms with Crippen LogP contribution in [0, 0.1) is 14.1 Å². The molecule has 0 aromatic carbocycles. The van der Waals surface area contributed by atoms with E-state index in [0.29, 0.717) is 3.57 Å². The molecule has 1 rings (SSSR count). The summed E-state index contributed by atoms with van der Waals surface area (Å²) in [4.78, 5) is 3.87. The normalized spacial score (nSPS) is 10.8. The van der Waals surface area contributed by atoms with Gasteiger partial charge in [-0.25, -0.2) is 8.78 Å². The summed E-state index contributed by atoms with van der Waals surface area (Å²) in [6, 6.07) is 0. The number of aryl methyl sites for hydroxylation is 1. The zero-order valence-electron chi connectivity index (χ0n) is 6.11. The first-order valence-corrected chi connectivity index (χ1v) is 5.28. The van der Waals surface area contributed by atoms with Crippen molar-refractivity contribution in [2.75, 3.05) is 0 Å². The van der Waals surface area contributed by atoms with Crippen LogP contribution >= 0.6 is 45.2 Å². The molecular formula is C7H5F2I2N. The molecular weight excluding hydrogens is 390 g/mol. The molecule has 0 bridgehead atoms. The van der Waals surface area contributed by atoms with Crippen LogP contribution in [0.3, 0.4) is 0 Å². The number of aromatic nitrogens is 1. The van der Waals surface area contributed by atoms with E-state index in [4.69, 9.17) is 0 Å². The van der Waals surface area contributed by atoms with Gasteiger partial charge in [-0.3, -0.25) is 4.98 Å². The molecule has 0 saturated heterocycles. The van der Waals surface area contributed by atoms with E-state index in [1.165, 1.54) is 6.20 Å². The average Bonchev–Trinajstić information content (AvgIpc) is 2.00. The van der Waals surface area contributed by atoms with Crippen molar-refractivity contribution in [2.45, 2.75) is 13.3 Å². The second-order valence-electron chi connectivity index (χ2n) is 2.23. The van der Waals surface area contributed by atoms with Crippen molar-refractivity contribution in [3.05, 3.63) is 24.6 Å². The van der Waals surface area contributed by atoms with Gasteiger partial charge >= 0.3 is 0 Å². The van der Waals surface area contributed by atoms with Gasteiger partial charge in [0.25, 0.3) is 6.43 Å². The summed E-state index contributed by atoms with van der Waals surface area (Å²) in [6.45, 7) is 1.80. The number of alkyl halides is 2. The Morgan fingerprint density at radius 2 is 1.92 bits per heavy atom. The lowest BCUT2D eigenvalue weighted by molar-refractivity contribution is 0.150. The predicted octanol–water partition coefficient (Wildman–Crippen LogP) is 3.54. The van der Waals surface area contributed by atoms with E-state index in [2.05, 4.69) is 4.98 Å². The van der Waals surface area contributed by atoms with Gasteiger partial charge in [-0.2, -0.15) is 0 Å². The molecule has 0 aliphatic rings. The maximum Gasteiger partial charge on any atom is 0.266 e. The zero-order chi connectivity index (χ0) is 9.30. The molecule has 0 fully saturated rings. The number of hydrogen-bond donors (Lipinski definition) is 0. The first kappa shape index (κ1) is 10.6. The Morgan fingerprint density at radius 1 is 1.33 bits per heavy atom. The fraction of sp³-hybridized carbons (Fsp3) is 0.286. The van der Waals surface area contributed by atoms with E-state index in [1.54, 1.807) is 6.92 Å². The summed E-state index contributed by atoms with van der Waals surface area (Å²) in [5, 5.41) is 0. The van der Waals surface area contributed by atoms with Crippen molar-refractivity contribution in [1.29, 1.82) is 0 Å². The van der Waals surface area contributed by atoms with Crippen LogP contribution in [0.25, 0.3) is 0 Å². The Kier molecular flexibility index (Phi) is 3.62. The molecule has 5 heteroatoms. The Bertz CT molecular complexity index is 302. The predicted molar refractivity (Wildman–Crippen MR) is 59.4 cm³/mol. The molecule has 0 unspecified atom stereocenters. The minimum absolute atomic E-state index is 0.0191. The SMILES string of the molecule is Cc1ncc(C(F)F)c(I)c1I. The van der Waals surface area contributed by atoms with Crippen LogP contribution < -0.4 is 0 Å². The molecule has 1 nitrogen and oxygen atoms in total. The molecule has 0 N–H and O–H groups in total. The van der Waals surface area contributed by atoms with Gasteiger partial charge in [0.2, 0.25) is 0 Å². The smallest absolute Gasteiger partial charge is 0.260 e. The van der Waals surface area contributed by atoms with Crippen molar-refractivity contribution in [1.82, 2.24) is 4.98 Å². The first-order chi connectivity index (χ1) is 5.54. The van der Waals surface area contributed by atoms with Crippen molar-refractivity contribution < 1.29 is 8.78 Å². The van der Waals surface area contributed by atoms with Gasteiger partial charge in [-0.1, -0.05) is 0 Å². The monoisotopic (exact) mass is 395 g/mol. The third-order valence-electron chi connectivity index (χ3n) is 1.40. The zero-order valence-corrected chi connectivity index (χ0v) is 10.4. The molecule has 0 saturated carbocycles. The summed E-state index contributed by atoms with van der Waals surface area (Å²) in [5.41, 5.74) is 0.815. The standard InChI is InChI=1S/C7H5F2I2N/c1-3-5(10)6(11)4(2-12-3)7(8)9/h2,7H,1H3. The lowest BCUT2D eigenvalue weighted by Gasteiger charge is -2.06. The maximum absolute atomic E-state index is 12.3. The lowest BCUT2D eigenvalue weighted by atomic mass is 10.3. The Hall–Kier alpha value is 0.470. The molecule has 0 spiro atoms. The fourth-order valence-corrected chi connectivity index (χ4v) is 1.93. The average molecular weight is 395 g/mol. The Morgan fingerprint density at radius 3 is 2.42 bits per heavy atom. The van der Waals surface area contributed by atoms with Gasteiger partial charge in [0, 0.05) is 13.3 Å². The summed E-state index contributed by atoms with van der Waals surface area (Å²) >= 11 is 3.94. The summed E-state index contributed by atoms with van der Waals surface area (Å²) in [7, 11) is 0. The van der Waals surface area contributed by atoms with Crippen molar-refractivity contribution >= 4 is 45.2 Å². The fourth-order valence-electron chi connectivity index (χ4n) is 0.717. The summed E-state index contributed by atoms with van der Waals surface area (Å²) in [5.74, 6) is 0. The molecule has 0 atom stereocenters. The van der Waals surface area contributed by atoms with Crippen LogP contribution in [0.5, 0.6) is 0 Å². The Balaban J connectivity index is 3.27. The largest absolute Gasteiger partial charge is 0.266 e. The highest BCUT2D eigenvalue weighted by Gasteiger charge is 2.15. The van der Waals surface area contributed by atoms with Gasteiger partial charge in [0.15, 0.2) is 0 Å². The number of rotatable bonds is 1. The summed E-state index contributed by atoms with van der Waals surface area (Å²) < 4.78 is 26.0. The third kappa shape index (κ3) is 2.04. The lowest BCUT2D eigenvalue weighted by Crippen LogP contribution is -1.97. The van der Waals surface area contributed by atoms with Gasteiger partial charge < -0.3 is 0 Å². The molecule has 1 aromatic rings. The summed E-state index contributed by atoms with van der Waals surface area (Å²) in [6.07, 6.45) is -1.19. The molecule has 66 valence electrons. The van der Waals surface area contributed by atoms with E-state index in [1.807, 2.05) is 45.2 Å². The molecule has 0 aliphatic carbocycles. The molecule has 0 aliphatic heterocycles. The second-order valence-corrected chi connectivity index (χ2v) is 4.39. The van der Waals surface area contributed by atoms with Crippen LogP contribution in [0.1, 0.15) is 17.7 Å². The highest BCUT2D eigenvalue weighted by atomic mass is 127. The molecule has 12 heavy (non-hydrogen) atoms. The van der Waals surface area contributed by atoms with E-state index in [0.717, 1.165) is 9.26 Å². The van der Waals surface area contributed by atoms with E-state index in [-0.39, 0.29) is 5.56 Å².